The molecule has 0 unspecified atom stereocenters. The first-order chi connectivity index (χ1) is 13.8. The quantitative estimate of drug-likeness (QED) is 0.132. The predicted molar refractivity (Wildman–Crippen MR) is 135 cm³/mol. The van der Waals surface area contributed by atoms with Crippen LogP contribution in [-0.4, -0.2) is 59.9 Å². The number of carbonyl (C=O) groups excluding carboxylic acids is 1. The summed E-state index contributed by atoms with van der Waals surface area (Å²) in [5.74, 6) is 1.45. The number of Topliss-reactive ketones (excluding diaryl/α,β-unsaturated/α-hetero) is 1. The van der Waals surface area contributed by atoms with Crippen LogP contribution in [0.1, 0.15) is 129 Å². The Hall–Kier alpha value is 0.980. The van der Waals surface area contributed by atoms with E-state index in [1.807, 2.05) is 18.7 Å². The minimum atomic E-state index is 0. The van der Waals surface area contributed by atoms with Crippen molar-refractivity contribution in [2.24, 2.45) is 0 Å². The number of unbranched alkanes of at least 4 members (excludes halogenated alkanes) is 15. The van der Waals surface area contributed by atoms with Crippen LogP contribution in [0.4, 0.5) is 0 Å². The van der Waals surface area contributed by atoms with Gasteiger partial charge in [0.25, 0.3) is 0 Å². The first kappa shape index (κ1) is 32.2. The Bertz CT molecular complexity index is 328. The summed E-state index contributed by atoms with van der Waals surface area (Å²) in [5, 5.41) is 3.49. The molecule has 0 amide bonds. The molecule has 0 aromatic carbocycles. The van der Waals surface area contributed by atoms with Crippen molar-refractivity contribution in [3.8, 4) is 0 Å². The molecule has 0 aromatic heterocycles. The number of carbonyl (C=O) groups is 1. The number of ketones is 1. The van der Waals surface area contributed by atoms with Crippen molar-refractivity contribution in [1.82, 2.24) is 5.32 Å². The maximum Gasteiger partial charge on any atom is 0.149 e. The van der Waals surface area contributed by atoms with Gasteiger partial charge in [0.05, 0.1) is 6.04 Å². The fourth-order valence-electron chi connectivity index (χ4n) is 3.81. The number of hydrogen-bond acceptors (Lipinski definition) is 3. The van der Waals surface area contributed by atoms with Gasteiger partial charge in [0.1, 0.15) is 5.78 Å². The molecule has 0 heterocycles. The molecule has 1 N–H and O–H groups in total. The van der Waals surface area contributed by atoms with E-state index in [2.05, 4.69) is 18.5 Å². The summed E-state index contributed by atoms with van der Waals surface area (Å²) in [6.45, 7) is 5.27. The third kappa shape index (κ3) is 23.5. The van der Waals surface area contributed by atoms with E-state index in [4.69, 9.17) is 0 Å². The Morgan fingerprint density at radius 3 is 1.52 bits per heavy atom. The number of nitrogens with one attached hydrogen (secondary N) is 1. The molecule has 0 aliphatic heterocycles. The van der Waals surface area contributed by atoms with Crippen LogP contribution in [0, 0.1) is 0 Å². The predicted octanol–water partition coefficient (Wildman–Crippen LogP) is 7.56. The van der Waals surface area contributed by atoms with E-state index in [-0.39, 0.29) is 35.6 Å². The molecule has 0 fully saturated rings. The average Bonchev–Trinajstić information content (AvgIpc) is 2.71. The van der Waals surface area contributed by atoms with Gasteiger partial charge in [-0.25, -0.2) is 0 Å². The second-order valence-electron chi connectivity index (χ2n) is 8.41. The molecule has 1 atom stereocenters. The van der Waals surface area contributed by atoms with Crippen molar-refractivity contribution in [2.45, 2.75) is 135 Å². The zero-order valence-electron chi connectivity index (χ0n) is 20.5. The van der Waals surface area contributed by atoms with E-state index in [1.165, 1.54) is 103 Å². The first-order valence-corrected chi connectivity index (χ1v) is 13.9. The maximum absolute atomic E-state index is 11.9. The SMILES string of the molecule is CCCCCCCCCCCCCCCCCCN[C@@H](CCSC)C(=O)CC.[Na]. The van der Waals surface area contributed by atoms with Gasteiger partial charge < -0.3 is 5.32 Å². The summed E-state index contributed by atoms with van der Waals surface area (Å²) in [6.07, 6.45) is 26.2. The van der Waals surface area contributed by atoms with Gasteiger partial charge in [-0.3, -0.25) is 4.79 Å². The van der Waals surface area contributed by atoms with E-state index in [0.29, 0.717) is 12.2 Å². The molecule has 0 saturated heterocycles. The monoisotopic (exact) mass is 436 g/mol. The van der Waals surface area contributed by atoms with Crippen LogP contribution < -0.4 is 5.32 Å². The molecule has 2 nitrogen and oxygen atoms in total. The van der Waals surface area contributed by atoms with Crippen molar-refractivity contribution in [1.29, 1.82) is 0 Å². The van der Waals surface area contributed by atoms with Gasteiger partial charge in [-0.05, 0) is 31.4 Å². The van der Waals surface area contributed by atoms with Crippen molar-refractivity contribution < 1.29 is 4.79 Å². The summed E-state index contributed by atoms with van der Waals surface area (Å²) in [6, 6.07) is 0.0915. The van der Waals surface area contributed by atoms with Gasteiger partial charge in [0, 0.05) is 36.0 Å². The molecule has 0 rings (SSSR count). The van der Waals surface area contributed by atoms with Gasteiger partial charge in [-0.2, -0.15) is 11.8 Å². The Labute approximate surface area is 210 Å². The third-order valence-electron chi connectivity index (χ3n) is 5.77. The standard InChI is InChI=1S/C25H51NOS.Na/c1-4-6-7-8-9-10-11-12-13-14-15-16-17-18-19-20-22-26-24(21-23-28-3)25(27)5-2;/h24,26H,4-23H2,1-3H3;/t24-;/m0./s1. The fraction of sp³-hybridized carbons (Fsp3) is 0.960. The van der Waals surface area contributed by atoms with Crippen LogP contribution in [0.15, 0.2) is 0 Å². The van der Waals surface area contributed by atoms with Crippen LogP contribution in [-0.2, 0) is 4.79 Å². The Morgan fingerprint density at radius 2 is 1.14 bits per heavy atom. The molecule has 0 saturated carbocycles. The summed E-state index contributed by atoms with van der Waals surface area (Å²) in [7, 11) is 0. The van der Waals surface area contributed by atoms with Gasteiger partial charge in [0.2, 0.25) is 0 Å². The minimum Gasteiger partial charge on any atom is -0.307 e. The Kier molecular flexibility index (Phi) is 30.0. The van der Waals surface area contributed by atoms with Crippen LogP contribution in [0.2, 0.25) is 0 Å². The van der Waals surface area contributed by atoms with Crippen molar-refractivity contribution in [3.05, 3.63) is 0 Å². The topological polar surface area (TPSA) is 29.1 Å². The summed E-state index contributed by atoms with van der Waals surface area (Å²) in [4.78, 5) is 11.9. The number of hydrogen-bond donors (Lipinski definition) is 1. The van der Waals surface area contributed by atoms with Crippen molar-refractivity contribution in [3.63, 3.8) is 0 Å². The molecule has 1 radical (unpaired) electrons. The second-order valence-corrected chi connectivity index (χ2v) is 9.40. The molecule has 0 aromatic rings. The maximum atomic E-state index is 11.9. The van der Waals surface area contributed by atoms with E-state index in [9.17, 15) is 4.79 Å². The largest absolute Gasteiger partial charge is 0.307 e. The smallest absolute Gasteiger partial charge is 0.149 e. The van der Waals surface area contributed by atoms with Gasteiger partial charge >= 0.3 is 0 Å². The van der Waals surface area contributed by atoms with E-state index in [1.54, 1.807) is 0 Å². The zero-order valence-corrected chi connectivity index (χ0v) is 23.4. The summed E-state index contributed by atoms with van der Waals surface area (Å²) in [5.41, 5.74) is 0. The third-order valence-corrected chi connectivity index (χ3v) is 6.41. The molecule has 4 heteroatoms. The van der Waals surface area contributed by atoms with E-state index < -0.39 is 0 Å². The van der Waals surface area contributed by atoms with Crippen molar-refractivity contribution >= 4 is 47.1 Å². The number of rotatable bonds is 23. The molecule has 0 aliphatic rings. The van der Waals surface area contributed by atoms with Crippen LogP contribution in [0.5, 0.6) is 0 Å². The van der Waals surface area contributed by atoms with Crippen molar-refractivity contribution in [2.75, 3.05) is 18.6 Å². The molecular formula is C25H51NNaOS. The normalized spacial score (nSPS) is 12.0. The molecule has 0 spiro atoms. The molecule has 169 valence electrons. The number of thioether (sulfide) groups is 1. The van der Waals surface area contributed by atoms with Gasteiger partial charge in [0.15, 0.2) is 0 Å². The van der Waals surface area contributed by atoms with Crippen LogP contribution in [0.25, 0.3) is 0 Å². The summed E-state index contributed by atoms with van der Waals surface area (Å²) < 4.78 is 0. The Balaban J connectivity index is 0. The molecular weight excluding hydrogens is 385 g/mol. The van der Waals surface area contributed by atoms with E-state index >= 15 is 0 Å². The van der Waals surface area contributed by atoms with E-state index in [0.717, 1.165) is 18.7 Å². The summed E-state index contributed by atoms with van der Waals surface area (Å²) >= 11 is 1.83. The second kappa shape index (κ2) is 27.0. The average molecular weight is 437 g/mol. The van der Waals surface area contributed by atoms with Gasteiger partial charge in [-0.15, -0.1) is 0 Å². The molecule has 0 aliphatic carbocycles. The first-order valence-electron chi connectivity index (χ1n) is 12.5. The fourth-order valence-corrected chi connectivity index (χ4v) is 4.28. The van der Waals surface area contributed by atoms with Crippen LogP contribution >= 0.6 is 11.8 Å². The van der Waals surface area contributed by atoms with Crippen LogP contribution in [0.3, 0.4) is 0 Å². The minimum absolute atomic E-state index is 0. The molecule has 0 bridgehead atoms. The molecule has 29 heavy (non-hydrogen) atoms. The zero-order chi connectivity index (χ0) is 20.7. The van der Waals surface area contributed by atoms with Gasteiger partial charge in [-0.1, -0.05) is 110 Å². The Morgan fingerprint density at radius 1 is 0.724 bits per heavy atom.